The molecule has 1 aliphatic rings. The summed E-state index contributed by atoms with van der Waals surface area (Å²) in [7, 11) is 0. The third-order valence-corrected chi connectivity index (χ3v) is 3.02. The molecule has 0 atom stereocenters. The molecule has 1 amide bonds. The fourth-order valence-electron chi connectivity index (χ4n) is 1.89. The highest BCUT2D eigenvalue weighted by atomic mass is 35.5. The number of benzene rings is 1. The summed E-state index contributed by atoms with van der Waals surface area (Å²) in [6.45, 7) is 1.87. The third-order valence-electron chi connectivity index (χ3n) is 2.79. The summed E-state index contributed by atoms with van der Waals surface area (Å²) in [5.41, 5.74) is 5.64. The Morgan fingerprint density at radius 3 is 2.76 bits per heavy atom. The number of halogens is 1. The van der Waals surface area contributed by atoms with Gasteiger partial charge < -0.3 is 15.8 Å². The SMILES string of the molecule is NC(=O)c1cc(Cl)ccc1OC1CCNCC1. The molecule has 3 N–H and O–H groups in total. The third kappa shape index (κ3) is 3.11. The van der Waals surface area contributed by atoms with Gasteiger partial charge in [0, 0.05) is 5.02 Å². The maximum Gasteiger partial charge on any atom is 0.252 e. The zero-order chi connectivity index (χ0) is 12.3. The molecule has 1 aromatic rings. The van der Waals surface area contributed by atoms with Crippen molar-refractivity contribution in [1.82, 2.24) is 5.32 Å². The van der Waals surface area contributed by atoms with E-state index in [0.29, 0.717) is 16.3 Å². The normalized spacial score (nSPS) is 16.8. The standard InChI is InChI=1S/C12H15ClN2O2/c13-8-1-2-11(10(7-8)12(14)16)17-9-3-5-15-6-4-9/h1-2,7,9,15H,3-6H2,(H2,14,16). The minimum atomic E-state index is -0.517. The van der Waals surface area contributed by atoms with Gasteiger partial charge in [-0.15, -0.1) is 0 Å². The summed E-state index contributed by atoms with van der Waals surface area (Å²) in [5.74, 6) is 0.00485. The Morgan fingerprint density at radius 1 is 1.41 bits per heavy atom. The van der Waals surface area contributed by atoms with Crippen molar-refractivity contribution in [2.45, 2.75) is 18.9 Å². The van der Waals surface area contributed by atoms with Crippen LogP contribution in [0.25, 0.3) is 0 Å². The molecule has 92 valence electrons. The molecule has 2 rings (SSSR count). The zero-order valence-electron chi connectivity index (χ0n) is 9.41. The van der Waals surface area contributed by atoms with E-state index in [-0.39, 0.29) is 6.10 Å². The molecule has 4 nitrogen and oxygen atoms in total. The van der Waals surface area contributed by atoms with E-state index < -0.39 is 5.91 Å². The highest BCUT2D eigenvalue weighted by Crippen LogP contribution is 2.25. The molecule has 5 heteroatoms. The fraction of sp³-hybridized carbons (Fsp3) is 0.417. The van der Waals surface area contributed by atoms with Gasteiger partial charge in [-0.2, -0.15) is 0 Å². The summed E-state index contributed by atoms with van der Waals surface area (Å²) in [6, 6.07) is 4.94. The van der Waals surface area contributed by atoms with Crippen LogP contribution in [-0.4, -0.2) is 25.1 Å². The lowest BCUT2D eigenvalue weighted by molar-refractivity contribution is 0.0989. The van der Waals surface area contributed by atoms with Gasteiger partial charge in [0.2, 0.25) is 0 Å². The van der Waals surface area contributed by atoms with E-state index in [4.69, 9.17) is 22.1 Å². The second-order valence-corrected chi connectivity index (χ2v) is 4.51. The van der Waals surface area contributed by atoms with Gasteiger partial charge in [0.1, 0.15) is 11.9 Å². The number of carbonyl (C=O) groups is 1. The Morgan fingerprint density at radius 2 is 2.12 bits per heavy atom. The number of nitrogens with two attached hydrogens (primary N) is 1. The van der Waals surface area contributed by atoms with Crippen LogP contribution >= 0.6 is 11.6 Å². The lowest BCUT2D eigenvalue weighted by Crippen LogP contribution is -2.34. The molecule has 17 heavy (non-hydrogen) atoms. The lowest BCUT2D eigenvalue weighted by Gasteiger charge is -2.24. The van der Waals surface area contributed by atoms with Crippen LogP contribution in [0, 0.1) is 0 Å². The number of carbonyl (C=O) groups excluding carboxylic acids is 1. The number of amides is 1. The van der Waals surface area contributed by atoms with Crippen molar-refractivity contribution in [3.8, 4) is 5.75 Å². The summed E-state index contributed by atoms with van der Waals surface area (Å²) in [4.78, 5) is 11.3. The van der Waals surface area contributed by atoms with Gasteiger partial charge in [-0.25, -0.2) is 0 Å². The number of primary amides is 1. The number of rotatable bonds is 3. The highest BCUT2D eigenvalue weighted by molar-refractivity contribution is 6.31. The van der Waals surface area contributed by atoms with Crippen LogP contribution in [0.1, 0.15) is 23.2 Å². The van der Waals surface area contributed by atoms with Crippen LogP contribution in [0.4, 0.5) is 0 Å². The second kappa shape index (κ2) is 5.38. The first-order valence-electron chi connectivity index (χ1n) is 5.63. The largest absolute Gasteiger partial charge is 0.489 e. The lowest BCUT2D eigenvalue weighted by atomic mass is 10.1. The maximum atomic E-state index is 11.3. The van der Waals surface area contributed by atoms with E-state index in [0.717, 1.165) is 25.9 Å². The molecule has 1 fully saturated rings. The number of ether oxygens (including phenoxy) is 1. The average molecular weight is 255 g/mol. The summed E-state index contributed by atoms with van der Waals surface area (Å²) >= 11 is 5.83. The van der Waals surface area contributed by atoms with E-state index in [9.17, 15) is 4.79 Å². The summed E-state index contributed by atoms with van der Waals surface area (Å²) < 4.78 is 5.80. The molecule has 1 aromatic carbocycles. The minimum absolute atomic E-state index is 0.135. The zero-order valence-corrected chi connectivity index (χ0v) is 10.2. The molecular formula is C12H15ClN2O2. The van der Waals surface area contributed by atoms with Crippen LogP contribution < -0.4 is 15.8 Å². The highest BCUT2D eigenvalue weighted by Gasteiger charge is 2.17. The van der Waals surface area contributed by atoms with Crippen molar-refractivity contribution in [2.75, 3.05) is 13.1 Å². The van der Waals surface area contributed by atoms with Gasteiger partial charge in [0.25, 0.3) is 5.91 Å². The second-order valence-electron chi connectivity index (χ2n) is 4.07. The first-order chi connectivity index (χ1) is 8.16. The molecule has 1 heterocycles. The molecular weight excluding hydrogens is 240 g/mol. The molecule has 0 aliphatic carbocycles. The van der Waals surface area contributed by atoms with Crippen molar-refractivity contribution in [1.29, 1.82) is 0 Å². The number of hydrogen-bond donors (Lipinski definition) is 2. The molecule has 0 radical (unpaired) electrons. The van der Waals surface area contributed by atoms with Crippen molar-refractivity contribution >= 4 is 17.5 Å². The van der Waals surface area contributed by atoms with Gasteiger partial charge in [0.05, 0.1) is 5.56 Å². The van der Waals surface area contributed by atoms with Gasteiger partial charge >= 0.3 is 0 Å². The van der Waals surface area contributed by atoms with Crippen LogP contribution in [0.2, 0.25) is 5.02 Å². The fourth-order valence-corrected chi connectivity index (χ4v) is 2.06. The van der Waals surface area contributed by atoms with Crippen molar-refractivity contribution < 1.29 is 9.53 Å². The van der Waals surface area contributed by atoms with Crippen LogP contribution in [-0.2, 0) is 0 Å². The van der Waals surface area contributed by atoms with E-state index in [2.05, 4.69) is 5.32 Å². The number of piperidine rings is 1. The average Bonchev–Trinajstić information content (AvgIpc) is 2.32. The predicted molar refractivity (Wildman–Crippen MR) is 66.5 cm³/mol. The van der Waals surface area contributed by atoms with Crippen LogP contribution in [0.15, 0.2) is 18.2 Å². The molecule has 0 saturated carbocycles. The Kier molecular flexibility index (Phi) is 3.86. The van der Waals surface area contributed by atoms with Crippen molar-refractivity contribution in [3.63, 3.8) is 0 Å². The Balaban J connectivity index is 2.16. The van der Waals surface area contributed by atoms with Crippen LogP contribution in [0.3, 0.4) is 0 Å². The van der Waals surface area contributed by atoms with Gasteiger partial charge in [-0.05, 0) is 44.1 Å². The van der Waals surface area contributed by atoms with E-state index in [1.807, 2.05) is 0 Å². The predicted octanol–water partition coefficient (Wildman–Crippen LogP) is 1.57. The summed E-state index contributed by atoms with van der Waals surface area (Å²) in [6.07, 6.45) is 2.00. The monoisotopic (exact) mass is 254 g/mol. The van der Waals surface area contributed by atoms with E-state index in [1.54, 1.807) is 18.2 Å². The molecule has 0 bridgehead atoms. The maximum absolute atomic E-state index is 11.3. The number of nitrogens with one attached hydrogen (secondary N) is 1. The topological polar surface area (TPSA) is 64.4 Å². The first kappa shape index (κ1) is 12.2. The van der Waals surface area contributed by atoms with Gasteiger partial charge in [0.15, 0.2) is 0 Å². The Labute approximate surface area is 105 Å². The van der Waals surface area contributed by atoms with E-state index >= 15 is 0 Å². The Hall–Kier alpha value is -1.26. The quantitative estimate of drug-likeness (QED) is 0.861. The number of hydrogen-bond acceptors (Lipinski definition) is 3. The van der Waals surface area contributed by atoms with E-state index in [1.165, 1.54) is 0 Å². The molecule has 0 aromatic heterocycles. The van der Waals surface area contributed by atoms with Gasteiger partial charge in [-0.3, -0.25) is 4.79 Å². The first-order valence-corrected chi connectivity index (χ1v) is 6.01. The Bertz CT molecular complexity index is 417. The molecule has 1 aliphatic heterocycles. The molecule has 1 saturated heterocycles. The molecule has 0 spiro atoms. The van der Waals surface area contributed by atoms with Crippen molar-refractivity contribution in [3.05, 3.63) is 28.8 Å². The van der Waals surface area contributed by atoms with Gasteiger partial charge in [-0.1, -0.05) is 11.6 Å². The summed E-state index contributed by atoms with van der Waals surface area (Å²) in [5, 5.41) is 3.74. The molecule has 0 unspecified atom stereocenters. The van der Waals surface area contributed by atoms with Crippen molar-refractivity contribution in [2.24, 2.45) is 5.73 Å². The minimum Gasteiger partial charge on any atom is -0.489 e. The van der Waals surface area contributed by atoms with Crippen LogP contribution in [0.5, 0.6) is 5.75 Å². The smallest absolute Gasteiger partial charge is 0.252 e.